The maximum Gasteiger partial charge on any atom is 0.236 e. The van der Waals surface area contributed by atoms with Gasteiger partial charge in [0, 0.05) is 25.7 Å². The number of benzene rings is 2. The molecule has 0 aliphatic carbocycles. The Morgan fingerprint density at radius 3 is 2.30 bits per heavy atom. The highest BCUT2D eigenvalue weighted by atomic mass is 35.5. The van der Waals surface area contributed by atoms with Crippen LogP contribution in [0.2, 0.25) is 10.0 Å². The van der Waals surface area contributed by atoms with Gasteiger partial charge in [-0.3, -0.25) is 9.69 Å². The van der Waals surface area contributed by atoms with Gasteiger partial charge in [0.15, 0.2) is 11.5 Å². The zero-order valence-electron chi connectivity index (χ0n) is 16.0. The molecule has 0 aliphatic rings. The monoisotopic (exact) mass is 410 g/mol. The fourth-order valence-corrected chi connectivity index (χ4v) is 3.17. The molecule has 1 amide bonds. The van der Waals surface area contributed by atoms with Crippen molar-refractivity contribution in [3.8, 4) is 11.5 Å². The Bertz CT molecular complexity index is 799. The second-order valence-electron chi connectivity index (χ2n) is 6.29. The van der Waals surface area contributed by atoms with Gasteiger partial charge < -0.3 is 14.4 Å². The van der Waals surface area contributed by atoms with Crippen LogP contribution in [0, 0.1) is 0 Å². The van der Waals surface area contributed by atoms with E-state index in [9.17, 15) is 4.79 Å². The number of halogens is 2. The minimum absolute atomic E-state index is 0.0134. The Kier molecular flexibility index (Phi) is 7.78. The molecule has 2 aromatic carbocycles. The Balaban J connectivity index is 2.00. The van der Waals surface area contributed by atoms with E-state index in [-0.39, 0.29) is 12.5 Å². The van der Waals surface area contributed by atoms with Gasteiger partial charge in [-0.25, -0.2) is 0 Å². The highest BCUT2D eigenvalue weighted by molar-refractivity contribution is 6.42. The number of hydrogen-bond donors (Lipinski definition) is 0. The number of carbonyl (C=O) groups is 1. The van der Waals surface area contributed by atoms with Gasteiger partial charge in [-0.05, 0) is 24.7 Å². The summed E-state index contributed by atoms with van der Waals surface area (Å²) in [5.41, 5.74) is 1.77. The lowest BCUT2D eigenvalue weighted by Crippen LogP contribution is -2.36. The summed E-state index contributed by atoms with van der Waals surface area (Å²) in [4.78, 5) is 16.2. The molecule has 146 valence electrons. The third-order valence-corrected chi connectivity index (χ3v) is 5.05. The highest BCUT2D eigenvalue weighted by Crippen LogP contribution is 2.31. The van der Waals surface area contributed by atoms with Gasteiger partial charge in [0.25, 0.3) is 0 Å². The number of hydrogen-bond acceptors (Lipinski definition) is 4. The summed E-state index contributed by atoms with van der Waals surface area (Å²) < 4.78 is 10.7. The number of ether oxygens (including phenoxy) is 2. The van der Waals surface area contributed by atoms with Crippen LogP contribution in [0.5, 0.6) is 11.5 Å². The van der Waals surface area contributed by atoms with E-state index in [1.54, 1.807) is 32.2 Å². The van der Waals surface area contributed by atoms with Gasteiger partial charge in [0.1, 0.15) is 0 Å². The van der Waals surface area contributed by atoms with Crippen LogP contribution in [0.25, 0.3) is 0 Å². The molecular weight excluding hydrogens is 387 g/mol. The van der Waals surface area contributed by atoms with Gasteiger partial charge in [-0.2, -0.15) is 0 Å². The van der Waals surface area contributed by atoms with Crippen molar-refractivity contribution in [1.82, 2.24) is 9.80 Å². The quantitative estimate of drug-likeness (QED) is 0.656. The summed E-state index contributed by atoms with van der Waals surface area (Å²) in [6.07, 6.45) is 0. The number of amides is 1. The van der Waals surface area contributed by atoms with Gasteiger partial charge in [-0.15, -0.1) is 0 Å². The number of rotatable bonds is 8. The summed E-state index contributed by atoms with van der Waals surface area (Å²) >= 11 is 12.3. The summed E-state index contributed by atoms with van der Waals surface area (Å²) in [7, 11) is 6.81. The van der Waals surface area contributed by atoms with Crippen molar-refractivity contribution in [3.63, 3.8) is 0 Å². The zero-order valence-corrected chi connectivity index (χ0v) is 17.5. The highest BCUT2D eigenvalue weighted by Gasteiger charge is 2.17. The molecule has 7 heteroatoms. The maximum atomic E-state index is 12.6. The van der Waals surface area contributed by atoms with E-state index >= 15 is 0 Å². The summed E-state index contributed by atoms with van der Waals surface area (Å²) in [5.74, 6) is 1.27. The number of carbonyl (C=O) groups excluding carboxylic acids is 1. The number of likely N-dealkylation sites (N-methyl/N-ethyl adjacent to an activating group) is 2. The third kappa shape index (κ3) is 5.51. The molecule has 0 aliphatic heterocycles. The van der Waals surface area contributed by atoms with Crippen LogP contribution in [0.4, 0.5) is 0 Å². The van der Waals surface area contributed by atoms with Gasteiger partial charge >= 0.3 is 0 Å². The van der Waals surface area contributed by atoms with Crippen molar-refractivity contribution in [3.05, 3.63) is 57.6 Å². The van der Waals surface area contributed by atoms with Crippen LogP contribution >= 0.6 is 23.2 Å². The largest absolute Gasteiger partial charge is 0.493 e. The fraction of sp³-hybridized carbons (Fsp3) is 0.350. The number of para-hydroxylation sites is 1. The number of methoxy groups -OCH3 is 2. The fourth-order valence-electron chi connectivity index (χ4n) is 2.79. The van der Waals surface area contributed by atoms with Crippen molar-refractivity contribution in [1.29, 1.82) is 0 Å². The Hall–Kier alpha value is -1.95. The zero-order chi connectivity index (χ0) is 20.0. The first-order valence-electron chi connectivity index (χ1n) is 8.42. The molecule has 0 spiro atoms. The minimum Gasteiger partial charge on any atom is -0.493 e. The Morgan fingerprint density at radius 1 is 0.963 bits per heavy atom. The third-order valence-electron chi connectivity index (χ3n) is 4.19. The molecule has 0 saturated carbocycles. The van der Waals surface area contributed by atoms with E-state index in [4.69, 9.17) is 32.7 Å². The molecule has 0 atom stereocenters. The normalized spacial score (nSPS) is 10.8. The first-order valence-corrected chi connectivity index (χ1v) is 9.18. The molecular formula is C20H24Cl2N2O3. The summed E-state index contributed by atoms with van der Waals surface area (Å²) in [5, 5.41) is 1.03. The molecule has 0 heterocycles. The molecule has 0 aromatic heterocycles. The summed E-state index contributed by atoms with van der Waals surface area (Å²) in [6, 6.07) is 11.1. The van der Waals surface area contributed by atoms with Crippen LogP contribution in [0.15, 0.2) is 36.4 Å². The van der Waals surface area contributed by atoms with Crippen molar-refractivity contribution in [2.75, 3.05) is 34.9 Å². The molecule has 0 radical (unpaired) electrons. The molecule has 0 saturated heterocycles. The first-order chi connectivity index (χ1) is 12.9. The van der Waals surface area contributed by atoms with E-state index in [0.29, 0.717) is 34.6 Å². The van der Waals surface area contributed by atoms with Crippen molar-refractivity contribution in [2.24, 2.45) is 0 Å². The smallest absolute Gasteiger partial charge is 0.236 e. The lowest BCUT2D eigenvalue weighted by Gasteiger charge is -2.23. The Labute approximate surface area is 170 Å². The Morgan fingerprint density at radius 2 is 1.63 bits per heavy atom. The molecule has 0 fully saturated rings. The van der Waals surface area contributed by atoms with E-state index in [1.165, 1.54) is 0 Å². The average molecular weight is 411 g/mol. The molecule has 5 nitrogen and oxygen atoms in total. The lowest BCUT2D eigenvalue weighted by atomic mass is 10.1. The van der Waals surface area contributed by atoms with Crippen molar-refractivity contribution in [2.45, 2.75) is 13.1 Å². The second-order valence-corrected chi connectivity index (χ2v) is 7.07. The van der Waals surface area contributed by atoms with Crippen molar-refractivity contribution >= 4 is 29.1 Å². The topological polar surface area (TPSA) is 42.0 Å². The molecule has 2 aromatic rings. The average Bonchev–Trinajstić information content (AvgIpc) is 2.65. The first kappa shape index (κ1) is 21.4. The van der Waals surface area contributed by atoms with Crippen LogP contribution in [-0.2, 0) is 17.9 Å². The van der Waals surface area contributed by atoms with Gasteiger partial charge in [0.2, 0.25) is 5.91 Å². The van der Waals surface area contributed by atoms with E-state index in [0.717, 1.165) is 11.1 Å². The standard InChI is InChI=1S/C20H24Cl2N2O3/c1-23(11-14-7-5-9-16(21)19(14)22)13-18(25)24(2)12-15-8-6-10-17(26-3)20(15)27-4/h5-10H,11-13H2,1-4H3. The van der Waals surface area contributed by atoms with Crippen LogP contribution in [-0.4, -0.2) is 50.6 Å². The van der Waals surface area contributed by atoms with Crippen LogP contribution < -0.4 is 9.47 Å². The second kappa shape index (κ2) is 9.83. The SMILES string of the molecule is COc1cccc(CN(C)C(=O)CN(C)Cc2cccc(Cl)c2Cl)c1OC. The molecule has 2 rings (SSSR count). The van der Waals surface area contributed by atoms with E-state index in [1.807, 2.05) is 42.3 Å². The number of nitrogens with zero attached hydrogens (tertiary/aromatic N) is 2. The van der Waals surface area contributed by atoms with Crippen LogP contribution in [0.3, 0.4) is 0 Å². The molecule has 0 unspecified atom stereocenters. The molecule has 27 heavy (non-hydrogen) atoms. The molecule has 0 N–H and O–H groups in total. The van der Waals surface area contributed by atoms with Crippen molar-refractivity contribution < 1.29 is 14.3 Å². The lowest BCUT2D eigenvalue weighted by molar-refractivity contribution is -0.131. The molecule has 0 bridgehead atoms. The summed E-state index contributed by atoms with van der Waals surface area (Å²) in [6.45, 7) is 1.21. The predicted octanol–water partition coefficient (Wildman–Crippen LogP) is 4.10. The van der Waals surface area contributed by atoms with Crippen LogP contribution in [0.1, 0.15) is 11.1 Å². The van der Waals surface area contributed by atoms with E-state index < -0.39 is 0 Å². The van der Waals surface area contributed by atoms with Gasteiger partial charge in [-0.1, -0.05) is 47.5 Å². The van der Waals surface area contributed by atoms with Gasteiger partial charge in [0.05, 0.1) is 30.8 Å². The van der Waals surface area contributed by atoms with E-state index in [2.05, 4.69) is 0 Å². The maximum absolute atomic E-state index is 12.6. The minimum atomic E-state index is -0.0134. The predicted molar refractivity (Wildman–Crippen MR) is 109 cm³/mol.